The standard InChI is InChI=1S/C13H14FN3O/c14-9-2-1-3-10(8(9)6-15)17-12-11(16)7-4-5-18-13(7)12/h1-3,7,11-13,17H,4-5,16H2. The Hall–Kier alpha value is -1.64. The number of nitrogens with two attached hydrogens (primary N) is 1. The van der Waals surface area contributed by atoms with Gasteiger partial charge in [-0.1, -0.05) is 6.07 Å². The molecule has 0 aromatic heterocycles. The van der Waals surface area contributed by atoms with Gasteiger partial charge in [0.25, 0.3) is 0 Å². The first-order chi connectivity index (χ1) is 8.72. The van der Waals surface area contributed by atoms with Crippen LogP contribution in [0.3, 0.4) is 0 Å². The van der Waals surface area contributed by atoms with E-state index < -0.39 is 5.82 Å². The van der Waals surface area contributed by atoms with Gasteiger partial charge in [0.05, 0.1) is 17.8 Å². The Labute approximate surface area is 105 Å². The predicted molar refractivity (Wildman–Crippen MR) is 64.3 cm³/mol. The second-order valence-electron chi connectivity index (χ2n) is 4.81. The van der Waals surface area contributed by atoms with Crippen LogP contribution in [0.2, 0.25) is 0 Å². The summed E-state index contributed by atoms with van der Waals surface area (Å²) >= 11 is 0. The summed E-state index contributed by atoms with van der Waals surface area (Å²) in [4.78, 5) is 0. The average molecular weight is 247 g/mol. The third-order valence-electron chi connectivity index (χ3n) is 3.89. The minimum absolute atomic E-state index is 0.00677. The van der Waals surface area contributed by atoms with Gasteiger partial charge in [-0.15, -0.1) is 0 Å². The molecular formula is C13H14FN3O. The summed E-state index contributed by atoms with van der Waals surface area (Å²) < 4.78 is 19.1. The number of fused-ring (bicyclic) bond motifs is 1. The smallest absolute Gasteiger partial charge is 0.143 e. The maximum absolute atomic E-state index is 13.5. The average Bonchev–Trinajstić information content (AvgIpc) is 2.80. The van der Waals surface area contributed by atoms with E-state index in [-0.39, 0.29) is 23.8 Å². The van der Waals surface area contributed by atoms with Gasteiger partial charge in [-0.3, -0.25) is 0 Å². The molecule has 2 aliphatic rings. The van der Waals surface area contributed by atoms with Gasteiger partial charge in [0.2, 0.25) is 0 Å². The quantitative estimate of drug-likeness (QED) is 0.824. The number of anilines is 1. The van der Waals surface area contributed by atoms with Gasteiger partial charge >= 0.3 is 0 Å². The molecule has 5 heteroatoms. The topological polar surface area (TPSA) is 71.1 Å². The zero-order chi connectivity index (χ0) is 12.7. The van der Waals surface area contributed by atoms with Crippen LogP contribution in [-0.4, -0.2) is 24.8 Å². The summed E-state index contributed by atoms with van der Waals surface area (Å²) in [7, 11) is 0. The van der Waals surface area contributed by atoms with E-state index in [2.05, 4.69) is 5.32 Å². The molecule has 1 aliphatic carbocycles. The minimum atomic E-state index is -0.515. The first-order valence-electron chi connectivity index (χ1n) is 6.04. The Kier molecular flexibility index (Phi) is 2.69. The molecule has 3 rings (SSSR count). The van der Waals surface area contributed by atoms with Crippen LogP contribution in [0.4, 0.5) is 10.1 Å². The third-order valence-corrected chi connectivity index (χ3v) is 3.89. The van der Waals surface area contributed by atoms with Crippen molar-refractivity contribution in [2.75, 3.05) is 11.9 Å². The third kappa shape index (κ3) is 1.57. The molecule has 1 aliphatic heterocycles. The van der Waals surface area contributed by atoms with Crippen LogP contribution in [-0.2, 0) is 4.74 Å². The fourth-order valence-corrected chi connectivity index (χ4v) is 2.87. The molecule has 4 nitrogen and oxygen atoms in total. The van der Waals surface area contributed by atoms with E-state index >= 15 is 0 Å². The van der Waals surface area contributed by atoms with Crippen molar-refractivity contribution in [3.8, 4) is 6.07 Å². The van der Waals surface area contributed by atoms with Crippen LogP contribution in [0.5, 0.6) is 0 Å². The van der Waals surface area contributed by atoms with Crippen molar-refractivity contribution in [1.82, 2.24) is 0 Å². The molecule has 94 valence electrons. The second kappa shape index (κ2) is 4.23. The maximum Gasteiger partial charge on any atom is 0.143 e. The highest BCUT2D eigenvalue weighted by Crippen LogP contribution is 2.39. The molecule has 1 aromatic carbocycles. The number of nitrogens with zero attached hydrogens (tertiary/aromatic N) is 1. The lowest BCUT2D eigenvalue weighted by Gasteiger charge is -2.46. The van der Waals surface area contributed by atoms with Crippen molar-refractivity contribution in [1.29, 1.82) is 5.26 Å². The van der Waals surface area contributed by atoms with Gasteiger partial charge in [0.1, 0.15) is 17.4 Å². The van der Waals surface area contributed by atoms with Crippen molar-refractivity contribution in [2.45, 2.75) is 24.6 Å². The van der Waals surface area contributed by atoms with E-state index in [1.54, 1.807) is 12.1 Å². The largest absolute Gasteiger partial charge is 0.377 e. The molecule has 0 bridgehead atoms. The van der Waals surface area contributed by atoms with Gasteiger partial charge in [-0.05, 0) is 18.6 Å². The van der Waals surface area contributed by atoms with Crippen molar-refractivity contribution in [3.63, 3.8) is 0 Å². The number of nitriles is 1. The number of hydrogen-bond donors (Lipinski definition) is 2. The van der Waals surface area contributed by atoms with Gasteiger partial charge in [-0.2, -0.15) is 5.26 Å². The van der Waals surface area contributed by atoms with Crippen molar-refractivity contribution in [3.05, 3.63) is 29.6 Å². The van der Waals surface area contributed by atoms with Crippen LogP contribution < -0.4 is 11.1 Å². The van der Waals surface area contributed by atoms with Crippen molar-refractivity contribution < 1.29 is 9.13 Å². The Morgan fingerprint density at radius 1 is 1.50 bits per heavy atom. The first kappa shape index (κ1) is 11.5. The molecule has 4 unspecified atom stereocenters. The van der Waals surface area contributed by atoms with Gasteiger partial charge in [0.15, 0.2) is 0 Å². The molecule has 18 heavy (non-hydrogen) atoms. The monoisotopic (exact) mass is 247 g/mol. The molecule has 1 saturated carbocycles. The lowest BCUT2D eigenvalue weighted by molar-refractivity contribution is 0.00536. The van der Waals surface area contributed by atoms with E-state index in [9.17, 15) is 4.39 Å². The van der Waals surface area contributed by atoms with E-state index in [0.717, 1.165) is 13.0 Å². The Balaban J connectivity index is 1.82. The summed E-state index contributed by atoms with van der Waals surface area (Å²) in [5.41, 5.74) is 6.59. The normalized spacial score (nSPS) is 33.4. The molecule has 1 heterocycles. The molecule has 1 aromatic rings. The first-order valence-corrected chi connectivity index (χ1v) is 6.04. The fourth-order valence-electron chi connectivity index (χ4n) is 2.87. The molecule has 4 atom stereocenters. The van der Waals surface area contributed by atoms with Crippen molar-refractivity contribution in [2.24, 2.45) is 11.7 Å². The number of hydrogen-bond acceptors (Lipinski definition) is 4. The molecule has 1 saturated heterocycles. The molecule has 0 radical (unpaired) electrons. The van der Waals surface area contributed by atoms with E-state index in [0.29, 0.717) is 11.6 Å². The van der Waals surface area contributed by atoms with Crippen LogP contribution in [0.25, 0.3) is 0 Å². The van der Waals surface area contributed by atoms with E-state index in [1.807, 2.05) is 6.07 Å². The number of benzene rings is 1. The summed E-state index contributed by atoms with van der Waals surface area (Å²) in [6, 6.07) is 6.39. The Morgan fingerprint density at radius 2 is 2.33 bits per heavy atom. The maximum atomic E-state index is 13.5. The molecule has 3 N–H and O–H groups in total. The fraction of sp³-hybridized carbons (Fsp3) is 0.462. The predicted octanol–water partition coefficient (Wildman–Crippen LogP) is 1.22. The summed E-state index contributed by atoms with van der Waals surface area (Å²) in [5, 5.41) is 12.1. The minimum Gasteiger partial charge on any atom is -0.377 e. The lowest BCUT2D eigenvalue weighted by atomic mass is 9.72. The summed E-state index contributed by atoms with van der Waals surface area (Å²) in [6.45, 7) is 0.732. The number of rotatable bonds is 2. The SMILES string of the molecule is N#Cc1c(F)cccc1NC1C(N)C2CCOC21. The Bertz CT molecular complexity index is 513. The van der Waals surface area contributed by atoms with Crippen LogP contribution in [0.1, 0.15) is 12.0 Å². The number of ether oxygens (including phenoxy) is 1. The van der Waals surface area contributed by atoms with Crippen molar-refractivity contribution >= 4 is 5.69 Å². The number of halogens is 1. The highest BCUT2D eigenvalue weighted by Gasteiger charge is 2.52. The summed E-state index contributed by atoms with van der Waals surface area (Å²) in [5.74, 6) is -0.124. The highest BCUT2D eigenvalue weighted by atomic mass is 19.1. The molecule has 2 fully saturated rings. The van der Waals surface area contributed by atoms with Crippen LogP contribution in [0, 0.1) is 23.1 Å². The van der Waals surface area contributed by atoms with E-state index in [1.165, 1.54) is 6.07 Å². The number of nitrogens with one attached hydrogen (secondary N) is 1. The molecule has 0 spiro atoms. The molecular weight excluding hydrogens is 233 g/mol. The second-order valence-corrected chi connectivity index (χ2v) is 4.81. The lowest BCUT2D eigenvalue weighted by Crippen LogP contribution is -2.65. The Morgan fingerprint density at radius 3 is 3.11 bits per heavy atom. The zero-order valence-electron chi connectivity index (χ0n) is 9.77. The highest BCUT2D eigenvalue weighted by molar-refractivity contribution is 5.59. The molecule has 0 amide bonds. The van der Waals surface area contributed by atoms with E-state index in [4.69, 9.17) is 15.7 Å². The summed E-state index contributed by atoms with van der Waals surface area (Å²) in [6.07, 6.45) is 1.08. The van der Waals surface area contributed by atoms with Crippen LogP contribution in [0.15, 0.2) is 18.2 Å². The van der Waals surface area contributed by atoms with Crippen LogP contribution >= 0.6 is 0 Å². The van der Waals surface area contributed by atoms with Gasteiger partial charge < -0.3 is 15.8 Å². The zero-order valence-corrected chi connectivity index (χ0v) is 9.77. The van der Waals surface area contributed by atoms with Gasteiger partial charge in [0, 0.05) is 18.6 Å². The van der Waals surface area contributed by atoms with Gasteiger partial charge in [-0.25, -0.2) is 4.39 Å².